The Hall–Kier alpha value is -3.30. The van der Waals surface area contributed by atoms with E-state index in [0.29, 0.717) is 12.8 Å². The fraction of sp³-hybridized carbons (Fsp3) is 0.615. The Bertz CT molecular complexity index is 920. The number of alkyl carbamates (subject to hydrolysis) is 1. The number of carboxylic acid groups (broad SMARTS) is 1. The van der Waals surface area contributed by atoms with Crippen LogP contribution in [0.4, 0.5) is 9.59 Å². The van der Waals surface area contributed by atoms with Crippen LogP contribution in [0.3, 0.4) is 0 Å². The van der Waals surface area contributed by atoms with Crippen LogP contribution in [0.2, 0.25) is 0 Å². The van der Waals surface area contributed by atoms with Crippen LogP contribution in [0.5, 0.6) is 0 Å². The molecule has 0 unspecified atom stereocenters. The van der Waals surface area contributed by atoms with Crippen molar-refractivity contribution in [2.24, 2.45) is 0 Å². The molecule has 2 N–H and O–H groups in total. The van der Waals surface area contributed by atoms with E-state index in [0.717, 1.165) is 5.56 Å². The lowest BCUT2D eigenvalue weighted by atomic mass is 10.0. The van der Waals surface area contributed by atoms with Gasteiger partial charge in [-0.3, -0.25) is 4.90 Å². The zero-order chi connectivity index (χ0) is 27.1. The fourth-order valence-corrected chi connectivity index (χ4v) is 3.90. The van der Waals surface area contributed by atoms with Crippen molar-refractivity contribution in [3.8, 4) is 0 Å². The summed E-state index contributed by atoms with van der Waals surface area (Å²) in [6, 6.07) is 6.62. The molecule has 0 spiro atoms. The van der Waals surface area contributed by atoms with Crippen LogP contribution in [0, 0.1) is 0 Å². The normalized spacial score (nSPS) is 18.8. The Labute approximate surface area is 212 Å². The summed E-state index contributed by atoms with van der Waals surface area (Å²) in [7, 11) is 0. The van der Waals surface area contributed by atoms with Crippen molar-refractivity contribution in [1.29, 1.82) is 0 Å². The van der Waals surface area contributed by atoms with Gasteiger partial charge in [-0.25, -0.2) is 19.2 Å². The molecule has 0 saturated carbocycles. The number of carboxylic acids is 1. The van der Waals surface area contributed by atoms with E-state index < -0.39 is 53.5 Å². The fourth-order valence-electron chi connectivity index (χ4n) is 3.90. The van der Waals surface area contributed by atoms with Crippen LogP contribution in [0.25, 0.3) is 0 Å². The smallest absolute Gasteiger partial charge is 0.411 e. The molecule has 1 aromatic carbocycles. The second-order valence-electron chi connectivity index (χ2n) is 10.8. The average molecular weight is 507 g/mol. The van der Waals surface area contributed by atoms with Crippen molar-refractivity contribution in [1.82, 2.24) is 10.2 Å². The molecule has 10 heteroatoms. The summed E-state index contributed by atoms with van der Waals surface area (Å²) >= 11 is 0. The van der Waals surface area contributed by atoms with Crippen LogP contribution in [-0.4, -0.2) is 63.5 Å². The highest BCUT2D eigenvalue weighted by Gasteiger charge is 2.44. The van der Waals surface area contributed by atoms with Gasteiger partial charge in [-0.1, -0.05) is 30.3 Å². The minimum absolute atomic E-state index is 0.0296. The first-order valence-corrected chi connectivity index (χ1v) is 12.1. The second-order valence-corrected chi connectivity index (χ2v) is 10.8. The standard InChI is InChI=1S/C26H38N2O8/c1-25(2,3)35-22(31)20-15-13-18(28(20)24(33)34-16-17-10-8-7-9-11-17)12-14-19(21(29)30)27-23(32)36-26(4,5)6/h7-11,18-20H,12-16H2,1-6H3,(H,27,32)(H,29,30)/t18-,19-,20-/m0/s1. The van der Waals surface area contributed by atoms with Crippen LogP contribution >= 0.6 is 0 Å². The number of benzene rings is 1. The van der Waals surface area contributed by atoms with Crippen molar-refractivity contribution in [3.63, 3.8) is 0 Å². The lowest BCUT2D eigenvalue weighted by Gasteiger charge is -2.31. The van der Waals surface area contributed by atoms with E-state index in [4.69, 9.17) is 14.2 Å². The number of carbonyl (C=O) groups is 4. The molecule has 2 rings (SSSR count). The van der Waals surface area contributed by atoms with Crippen molar-refractivity contribution in [2.45, 2.75) is 103 Å². The van der Waals surface area contributed by atoms with Crippen molar-refractivity contribution >= 4 is 24.1 Å². The summed E-state index contributed by atoms with van der Waals surface area (Å²) in [6.45, 7) is 10.3. The maximum atomic E-state index is 13.1. The number of hydrogen-bond acceptors (Lipinski definition) is 7. The van der Waals surface area contributed by atoms with Gasteiger partial charge in [0.1, 0.15) is 29.9 Å². The molecular formula is C26H38N2O8. The molecule has 10 nitrogen and oxygen atoms in total. The highest BCUT2D eigenvalue weighted by atomic mass is 16.6. The molecule has 0 bridgehead atoms. The maximum Gasteiger partial charge on any atom is 0.411 e. The quantitative estimate of drug-likeness (QED) is 0.395. The van der Waals surface area contributed by atoms with Crippen LogP contribution in [-0.2, 0) is 30.4 Å². The van der Waals surface area contributed by atoms with Gasteiger partial charge in [0.15, 0.2) is 0 Å². The Kier molecular flexibility index (Phi) is 9.72. The lowest BCUT2D eigenvalue weighted by Crippen LogP contribution is -2.48. The van der Waals surface area contributed by atoms with Gasteiger partial charge in [0.25, 0.3) is 0 Å². The van der Waals surface area contributed by atoms with Gasteiger partial charge in [-0.2, -0.15) is 0 Å². The molecule has 1 saturated heterocycles. The number of nitrogens with zero attached hydrogens (tertiary/aromatic N) is 1. The summed E-state index contributed by atoms with van der Waals surface area (Å²) in [5.74, 6) is -1.76. The minimum Gasteiger partial charge on any atom is -0.480 e. The van der Waals surface area contributed by atoms with Gasteiger partial charge in [-0.05, 0) is 72.8 Å². The number of hydrogen-bond donors (Lipinski definition) is 2. The third kappa shape index (κ3) is 9.39. The van der Waals surface area contributed by atoms with E-state index in [1.54, 1.807) is 41.5 Å². The van der Waals surface area contributed by atoms with Gasteiger partial charge in [0.05, 0.1) is 0 Å². The summed E-state index contributed by atoms with van der Waals surface area (Å²) in [5.41, 5.74) is -0.720. The lowest BCUT2D eigenvalue weighted by molar-refractivity contribution is -0.160. The maximum absolute atomic E-state index is 13.1. The average Bonchev–Trinajstić information content (AvgIpc) is 3.17. The van der Waals surface area contributed by atoms with E-state index in [2.05, 4.69) is 5.32 Å². The van der Waals surface area contributed by atoms with E-state index in [1.165, 1.54) is 4.90 Å². The Morgan fingerprint density at radius 1 is 1.00 bits per heavy atom. The summed E-state index contributed by atoms with van der Waals surface area (Å²) in [5, 5.41) is 12.0. The number of aliphatic carboxylic acids is 1. The first kappa shape index (κ1) is 28.9. The van der Waals surface area contributed by atoms with Crippen LogP contribution in [0.1, 0.15) is 72.8 Å². The molecule has 1 aromatic rings. The van der Waals surface area contributed by atoms with E-state index in [-0.39, 0.29) is 19.4 Å². The topological polar surface area (TPSA) is 131 Å². The third-order valence-electron chi connectivity index (χ3n) is 5.37. The number of carbonyl (C=O) groups excluding carboxylic acids is 3. The van der Waals surface area contributed by atoms with Gasteiger partial charge >= 0.3 is 24.1 Å². The monoisotopic (exact) mass is 506 g/mol. The molecule has 1 aliphatic rings. The van der Waals surface area contributed by atoms with Gasteiger partial charge in [0, 0.05) is 6.04 Å². The number of esters is 1. The molecule has 1 heterocycles. The van der Waals surface area contributed by atoms with Gasteiger partial charge in [0.2, 0.25) is 0 Å². The van der Waals surface area contributed by atoms with E-state index in [1.807, 2.05) is 30.3 Å². The number of likely N-dealkylation sites (tertiary alicyclic amines) is 1. The Balaban J connectivity index is 2.12. The molecular weight excluding hydrogens is 468 g/mol. The third-order valence-corrected chi connectivity index (χ3v) is 5.37. The summed E-state index contributed by atoms with van der Waals surface area (Å²) < 4.78 is 16.2. The largest absolute Gasteiger partial charge is 0.480 e. The SMILES string of the molecule is CC(C)(C)OC(=O)N[C@@H](CC[C@H]1CC[C@@H](C(=O)OC(C)(C)C)N1C(=O)OCc1ccccc1)C(=O)O. The first-order chi connectivity index (χ1) is 16.7. The Morgan fingerprint density at radius 2 is 1.61 bits per heavy atom. The van der Waals surface area contributed by atoms with Crippen molar-refractivity contribution in [3.05, 3.63) is 35.9 Å². The molecule has 1 fully saturated rings. The summed E-state index contributed by atoms with van der Waals surface area (Å²) in [4.78, 5) is 51.2. The zero-order valence-electron chi connectivity index (χ0n) is 21.9. The zero-order valence-corrected chi connectivity index (χ0v) is 21.9. The first-order valence-electron chi connectivity index (χ1n) is 12.1. The van der Waals surface area contributed by atoms with E-state index >= 15 is 0 Å². The van der Waals surface area contributed by atoms with Gasteiger partial charge in [-0.15, -0.1) is 0 Å². The second kappa shape index (κ2) is 12.1. The number of nitrogens with one attached hydrogen (secondary N) is 1. The predicted molar refractivity (Wildman–Crippen MR) is 131 cm³/mol. The number of amides is 2. The number of rotatable bonds is 8. The van der Waals surface area contributed by atoms with Gasteiger partial charge < -0.3 is 24.6 Å². The molecule has 200 valence electrons. The Morgan fingerprint density at radius 3 is 2.17 bits per heavy atom. The van der Waals surface area contributed by atoms with Crippen LogP contribution < -0.4 is 5.32 Å². The highest BCUT2D eigenvalue weighted by molar-refractivity contribution is 5.83. The minimum atomic E-state index is -1.22. The molecule has 1 aliphatic heterocycles. The van der Waals surface area contributed by atoms with E-state index in [9.17, 15) is 24.3 Å². The molecule has 0 radical (unpaired) electrons. The molecule has 0 aromatic heterocycles. The summed E-state index contributed by atoms with van der Waals surface area (Å²) in [6.07, 6.45) is -0.438. The molecule has 36 heavy (non-hydrogen) atoms. The predicted octanol–water partition coefficient (Wildman–Crippen LogP) is 4.26. The van der Waals surface area contributed by atoms with Crippen molar-refractivity contribution < 1.29 is 38.5 Å². The molecule has 2 amide bonds. The van der Waals surface area contributed by atoms with Crippen molar-refractivity contribution in [2.75, 3.05) is 0 Å². The number of ether oxygens (including phenoxy) is 3. The molecule has 3 atom stereocenters. The van der Waals surface area contributed by atoms with Crippen LogP contribution in [0.15, 0.2) is 30.3 Å². The highest BCUT2D eigenvalue weighted by Crippen LogP contribution is 2.30. The molecule has 0 aliphatic carbocycles.